The highest BCUT2D eigenvalue weighted by molar-refractivity contribution is 5.89. The lowest BCUT2D eigenvalue weighted by Gasteiger charge is -2.14. The summed E-state index contributed by atoms with van der Waals surface area (Å²) in [6.07, 6.45) is 7.93. The maximum Gasteiger partial charge on any atom is 0.246 e. The Kier molecular flexibility index (Phi) is 18.7. The Morgan fingerprint density at radius 2 is 1.51 bits per heavy atom. The van der Waals surface area contributed by atoms with Crippen LogP contribution in [0.5, 0.6) is 5.75 Å². The van der Waals surface area contributed by atoms with Crippen molar-refractivity contribution in [1.82, 2.24) is 10.2 Å². The summed E-state index contributed by atoms with van der Waals surface area (Å²) in [6.45, 7) is 5.33. The van der Waals surface area contributed by atoms with Crippen molar-refractivity contribution in [3.63, 3.8) is 0 Å². The van der Waals surface area contributed by atoms with Crippen molar-refractivity contribution in [2.45, 2.75) is 25.7 Å². The van der Waals surface area contributed by atoms with E-state index in [1.165, 1.54) is 12.1 Å². The molecule has 1 aromatic carbocycles. The van der Waals surface area contributed by atoms with E-state index in [2.05, 4.69) is 5.32 Å². The molecule has 12 heteroatoms. The highest BCUT2D eigenvalue weighted by Crippen LogP contribution is 2.18. The highest BCUT2D eigenvalue weighted by atomic mass is 16.7. The zero-order valence-corrected chi connectivity index (χ0v) is 23.6. The molecular formula is C29H42N2O10. The summed E-state index contributed by atoms with van der Waals surface area (Å²) in [5.74, 6) is 0.430. The number of nitrogens with one attached hydrogen (secondary N) is 1. The minimum absolute atomic E-state index is 0.00673. The number of unbranched alkanes of at least 4 members (excludes halogenated alkanes) is 2. The molecule has 0 aliphatic carbocycles. The Hall–Kier alpha value is -3.16. The lowest BCUT2D eigenvalue weighted by Crippen LogP contribution is -2.28. The van der Waals surface area contributed by atoms with Crippen molar-refractivity contribution in [2.24, 2.45) is 0 Å². The van der Waals surface area contributed by atoms with Crippen LogP contribution in [0.3, 0.4) is 0 Å². The van der Waals surface area contributed by atoms with Gasteiger partial charge in [0.05, 0.1) is 58.4 Å². The molecular weight excluding hydrogens is 536 g/mol. The van der Waals surface area contributed by atoms with Crippen molar-refractivity contribution in [3.8, 4) is 5.75 Å². The summed E-state index contributed by atoms with van der Waals surface area (Å²) in [5.41, 5.74) is 0.811. The molecule has 0 unspecified atom stereocenters. The van der Waals surface area contributed by atoms with Gasteiger partial charge in [-0.1, -0.05) is 18.6 Å². The largest absolute Gasteiger partial charge is 0.490 e. The van der Waals surface area contributed by atoms with Crippen LogP contribution < -0.4 is 10.1 Å². The predicted molar refractivity (Wildman–Crippen MR) is 149 cm³/mol. The minimum Gasteiger partial charge on any atom is -0.490 e. The van der Waals surface area contributed by atoms with Gasteiger partial charge in [0.25, 0.3) is 0 Å². The first kappa shape index (κ1) is 34.0. The SMILES string of the molecule is O=Cc1ccc(C=O)c(OCCOCCOCCOCOCCOCCNC(=O)CCCCCN2CC=CC2=O)c1. The zero-order chi connectivity index (χ0) is 29.4. The van der Waals surface area contributed by atoms with Crippen molar-refractivity contribution in [2.75, 3.05) is 85.9 Å². The summed E-state index contributed by atoms with van der Waals surface area (Å²) in [7, 11) is 0. The van der Waals surface area contributed by atoms with Crippen LogP contribution >= 0.6 is 0 Å². The Bertz CT molecular complexity index is 940. The lowest BCUT2D eigenvalue weighted by atomic mass is 10.1. The number of hydrogen-bond acceptors (Lipinski definition) is 10. The monoisotopic (exact) mass is 578 g/mol. The normalized spacial score (nSPS) is 12.6. The first-order chi connectivity index (χ1) is 20.1. The number of carbonyl (C=O) groups excluding carboxylic acids is 4. The van der Waals surface area contributed by atoms with Crippen LogP contribution in [-0.2, 0) is 33.3 Å². The maximum absolute atomic E-state index is 11.8. The van der Waals surface area contributed by atoms with Crippen LogP contribution in [-0.4, -0.2) is 115 Å². The molecule has 12 nitrogen and oxygen atoms in total. The third kappa shape index (κ3) is 16.0. The Balaban J connectivity index is 1.26. The molecule has 0 atom stereocenters. The molecule has 0 saturated heterocycles. The van der Waals surface area contributed by atoms with E-state index in [9.17, 15) is 19.2 Å². The number of aldehydes is 2. The second-order valence-corrected chi connectivity index (χ2v) is 9.00. The summed E-state index contributed by atoms with van der Waals surface area (Å²) < 4.78 is 32.4. The van der Waals surface area contributed by atoms with E-state index < -0.39 is 0 Å². The summed E-state index contributed by atoms with van der Waals surface area (Å²) in [5, 5.41) is 2.83. The smallest absolute Gasteiger partial charge is 0.246 e. The third-order valence-corrected chi connectivity index (χ3v) is 5.87. The average molecular weight is 579 g/mol. The molecule has 0 bridgehead atoms. The molecule has 2 rings (SSSR count). The highest BCUT2D eigenvalue weighted by Gasteiger charge is 2.13. The molecule has 1 aliphatic rings. The fourth-order valence-electron chi connectivity index (χ4n) is 3.69. The maximum atomic E-state index is 11.8. The molecule has 1 N–H and O–H groups in total. The van der Waals surface area contributed by atoms with Gasteiger partial charge < -0.3 is 38.6 Å². The lowest BCUT2D eigenvalue weighted by molar-refractivity contribution is -0.125. The Morgan fingerprint density at radius 3 is 2.17 bits per heavy atom. The molecule has 0 saturated carbocycles. The van der Waals surface area contributed by atoms with Gasteiger partial charge in [-0.2, -0.15) is 0 Å². The van der Waals surface area contributed by atoms with Gasteiger partial charge in [-0.05, 0) is 25.0 Å². The van der Waals surface area contributed by atoms with Gasteiger partial charge >= 0.3 is 0 Å². The first-order valence-corrected chi connectivity index (χ1v) is 13.9. The zero-order valence-electron chi connectivity index (χ0n) is 23.6. The van der Waals surface area contributed by atoms with Crippen molar-refractivity contribution in [3.05, 3.63) is 41.5 Å². The topological polar surface area (TPSA) is 139 Å². The number of amides is 2. The van der Waals surface area contributed by atoms with Crippen LogP contribution in [0.1, 0.15) is 46.4 Å². The van der Waals surface area contributed by atoms with Crippen molar-refractivity contribution >= 4 is 24.4 Å². The molecule has 2 amide bonds. The second-order valence-electron chi connectivity index (χ2n) is 9.00. The van der Waals surface area contributed by atoms with Crippen LogP contribution in [0.4, 0.5) is 0 Å². The van der Waals surface area contributed by atoms with Crippen LogP contribution in [0.25, 0.3) is 0 Å². The predicted octanol–water partition coefficient (Wildman–Crippen LogP) is 1.81. The van der Waals surface area contributed by atoms with Gasteiger partial charge in [0.1, 0.15) is 25.4 Å². The second kappa shape index (κ2) is 22.5. The van der Waals surface area contributed by atoms with Gasteiger partial charge in [0.2, 0.25) is 11.8 Å². The standard InChI is InChI=1S/C29H42N2O10/c32-22-25-7-8-26(23-33)27(21-25)41-20-19-38-14-13-37-16-18-40-24-39-17-15-36-12-9-30-28(34)5-2-1-3-10-31-11-4-6-29(31)35/h4,6-8,21-23H,1-3,5,9-20,24H2,(H,30,34). The van der Waals surface area contributed by atoms with Crippen molar-refractivity contribution < 1.29 is 47.6 Å². The summed E-state index contributed by atoms with van der Waals surface area (Å²) in [4.78, 5) is 47.0. The number of carbonyl (C=O) groups is 4. The fourth-order valence-corrected chi connectivity index (χ4v) is 3.69. The van der Waals surface area contributed by atoms with E-state index in [-0.39, 0.29) is 25.2 Å². The van der Waals surface area contributed by atoms with Gasteiger partial charge in [-0.3, -0.25) is 19.2 Å². The van der Waals surface area contributed by atoms with Crippen molar-refractivity contribution in [1.29, 1.82) is 0 Å². The number of benzene rings is 1. The molecule has 1 aromatic rings. The first-order valence-electron chi connectivity index (χ1n) is 13.9. The number of ether oxygens (including phenoxy) is 6. The minimum atomic E-state index is 0.00673. The molecule has 41 heavy (non-hydrogen) atoms. The van der Waals surface area contributed by atoms with E-state index in [0.717, 1.165) is 25.8 Å². The molecule has 0 aromatic heterocycles. The molecule has 0 spiro atoms. The van der Waals surface area contributed by atoms with Gasteiger partial charge in [-0.25, -0.2) is 0 Å². The molecule has 0 fully saturated rings. The number of nitrogens with zero attached hydrogens (tertiary/aromatic N) is 1. The van der Waals surface area contributed by atoms with E-state index in [4.69, 9.17) is 28.4 Å². The Morgan fingerprint density at radius 1 is 0.829 bits per heavy atom. The average Bonchev–Trinajstić information content (AvgIpc) is 3.40. The van der Waals surface area contributed by atoms with Gasteiger partial charge in [-0.15, -0.1) is 0 Å². The molecule has 0 radical (unpaired) electrons. The van der Waals surface area contributed by atoms with Gasteiger partial charge in [0, 0.05) is 37.7 Å². The Labute approximate surface area is 241 Å². The van der Waals surface area contributed by atoms with E-state index in [0.29, 0.717) is 102 Å². The molecule has 1 aliphatic heterocycles. The van der Waals surface area contributed by atoms with Gasteiger partial charge in [0.15, 0.2) is 6.29 Å². The molecule has 1 heterocycles. The quantitative estimate of drug-likeness (QED) is 0.0984. The summed E-state index contributed by atoms with van der Waals surface area (Å²) >= 11 is 0. The molecule has 228 valence electrons. The fraction of sp³-hybridized carbons (Fsp3) is 0.586. The van der Waals surface area contributed by atoms with Crippen LogP contribution in [0.2, 0.25) is 0 Å². The van der Waals surface area contributed by atoms with Crippen LogP contribution in [0, 0.1) is 0 Å². The van der Waals surface area contributed by atoms with E-state index in [1.807, 2.05) is 6.08 Å². The van der Waals surface area contributed by atoms with E-state index >= 15 is 0 Å². The number of rotatable bonds is 26. The van der Waals surface area contributed by atoms with E-state index in [1.54, 1.807) is 17.0 Å². The third-order valence-electron chi connectivity index (χ3n) is 5.87. The number of hydrogen-bond donors (Lipinski definition) is 1. The van der Waals surface area contributed by atoms with Crippen LogP contribution in [0.15, 0.2) is 30.4 Å². The summed E-state index contributed by atoms with van der Waals surface area (Å²) in [6, 6.07) is 4.61.